The number of carbonyl (C=O) groups excluding carboxylic acids is 1. The van der Waals surface area contributed by atoms with Gasteiger partial charge in [-0.25, -0.2) is 0 Å². The van der Waals surface area contributed by atoms with Crippen molar-refractivity contribution in [3.05, 3.63) is 54.1 Å². The molecular formula is C17H12N2O. The summed E-state index contributed by atoms with van der Waals surface area (Å²) in [5, 5.41) is 6.27. The van der Waals surface area contributed by atoms with Crippen LogP contribution in [0.15, 0.2) is 48.5 Å². The number of nitrogen functional groups attached to an aromatic ring is 1. The molecule has 0 heterocycles. The molecule has 3 nitrogen and oxygen atoms in total. The van der Waals surface area contributed by atoms with Gasteiger partial charge in [-0.1, -0.05) is 36.4 Å². The van der Waals surface area contributed by atoms with Crippen LogP contribution in [0.4, 0.5) is 5.69 Å². The SMILES string of the molecule is NC(=O)c1ccc2ccc3ccc(N)c4ccc1c2c34. The van der Waals surface area contributed by atoms with Gasteiger partial charge < -0.3 is 11.5 Å². The van der Waals surface area contributed by atoms with Crippen molar-refractivity contribution in [2.75, 3.05) is 5.73 Å². The standard InChI is InChI=1S/C17H12N2O/c18-14-8-4-10-2-1-9-3-5-12(17(19)20)11-6-7-13(14)16(10)15(9)11/h1-8H,18H2,(H2,19,20). The van der Waals surface area contributed by atoms with Crippen LogP contribution in [0.25, 0.3) is 32.3 Å². The van der Waals surface area contributed by atoms with E-state index in [2.05, 4.69) is 12.1 Å². The van der Waals surface area contributed by atoms with Crippen LogP contribution < -0.4 is 11.5 Å². The van der Waals surface area contributed by atoms with Crippen molar-refractivity contribution >= 4 is 43.9 Å². The lowest BCUT2D eigenvalue weighted by molar-refractivity contribution is 0.100. The van der Waals surface area contributed by atoms with E-state index in [0.717, 1.165) is 38.0 Å². The van der Waals surface area contributed by atoms with Crippen molar-refractivity contribution < 1.29 is 4.79 Å². The maximum Gasteiger partial charge on any atom is 0.249 e. The third kappa shape index (κ3) is 1.26. The molecule has 4 aromatic carbocycles. The normalized spacial score (nSPS) is 11.6. The Morgan fingerprint density at radius 3 is 2.00 bits per heavy atom. The molecule has 0 atom stereocenters. The Morgan fingerprint density at radius 1 is 0.750 bits per heavy atom. The van der Waals surface area contributed by atoms with E-state index < -0.39 is 5.91 Å². The molecule has 1 amide bonds. The number of carbonyl (C=O) groups is 1. The highest BCUT2D eigenvalue weighted by Gasteiger charge is 2.13. The Morgan fingerprint density at radius 2 is 1.30 bits per heavy atom. The Hall–Kier alpha value is -2.81. The molecule has 96 valence electrons. The molecule has 0 spiro atoms. The molecule has 0 saturated heterocycles. The molecule has 0 aliphatic rings. The van der Waals surface area contributed by atoms with E-state index in [1.54, 1.807) is 6.07 Å². The molecule has 0 fully saturated rings. The van der Waals surface area contributed by atoms with Gasteiger partial charge in [0.25, 0.3) is 0 Å². The molecule has 0 aliphatic heterocycles. The fraction of sp³-hybridized carbons (Fsp3) is 0. The number of rotatable bonds is 1. The smallest absolute Gasteiger partial charge is 0.249 e. The lowest BCUT2D eigenvalue weighted by Crippen LogP contribution is -2.11. The van der Waals surface area contributed by atoms with Gasteiger partial charge in [0.05, 0.1) is 0 Å². The molecule has 3 heteroatoms. The molecule has 20 heavy (non-hydrogen) atoms. The summed E-state index contributed by atoms with van der Waals surface area (Å²) in [5.74, 6) is -0.407. The van der Waals surface area contributed by atoms with Gasteiger partial charge >= 0.3 is 0 Å². The van der Waals surface area contributed by atoms with Crippen molar-refractivity contribution in [1.82, 2.24) is 0 Å². The molecule has 4 rings (SSSR count). The van der Waals surface area contributed by atoms with E-state index in [4.69, 9.17) is 11.5 Å². The second kappa shape index (κ2) is 3.61. The minimum Gasteiger partial charge on any atom is -0.398 e. The molecule has 0 radical (unpaired) electrons. The number of primary amides is 1. The summed E-state index contributed by atoms with van der Waals surface area (Å²) < 4.78 is 0. The maximum atomic E-state index is 11.6. The Labute approximate surface area is 115 Å². The highest BCUT2D eigenvalue weighted by atomic mass is 16.1. The average molecular weight is 260 g/mol. The minimum absolute atomic E-state index is 0.407. The zero-order valence-electron chi connectivity index (χ0n) is 10.7. The Bertz CT molecular complexity index is 988. The van der Waals surface area contributed by atoms with Crippen LogP contribution in [-0.2, 0) is 0 Å². The number of hydrogen-bond donors (Lipinski definition) is 2. The van der Waals surface area contributed by atoms with Crippen molar-refractivity contribution in [3.8, 4) is 0 Å². The monoisotopic (exact) mass is 260 g/mol. The van der Waals surface area contributed by atoms with Gasteiger partial charge in [-0.05, 0) is 39.1 Å². The number of anilines is 1. The average Bonchev–Trinajstić information content (AvgIpc) is 2.46. The van der Waals surface area contributed by atoms with Crippen LogP contribution in [-0.4, -0.2) is 5.91 Å². The number of nitrogens with two attached hydrogens (primary N) is 2. The fourth-order valence-electron chi connectivity index (χ4n) is 3.04. The summed E-state index contributed by atoms with van der Waals surface area (Å²) in [5.41, 5.74) is 12.8. The summed E-state index contributed by atoms with van der Waals surface area (Å²) in [6, 6.07) is 15.7. The topological polar surface area (TPSA) is 69.1 Å². The maximum absolute atomic E-state index is 11.6. The van der Waals surface area contributed by atoms with E-state index in [1.807, 2.05) is 30.3 Å². The third-order valence-electron chi connectivity index (χ3n) is 3.96. The third-order valence-corrected chi connectivity index (χ3v) is 3.96. The molecule has 0 unspecified atom stereocenters. The number of benzene rings is 4. The van der Waals surface area contributed by atoms with Crippen LogP contribution in [0.1, 0.15) is 10.4 Å². The van der Waals surface area contributed by atoms with Gasteiger partial charge in [-0.3, -0.25) is 4.79 Å². The lowest BCUT2D eigenvalue weighted by Gasteiger charge is -2.13. The van der Waals surface area contributed by atoms with Gasteiger partial charge in [0.15, 0.2) is 0 Å². The van der Waals surface area contributed by atoms with E-state index in [1.165, 1.54) is 0 Å². The van der Waals surface area contributed by atoms with Crippen LogP contribution in [0.2, 0.25) is 0 Å². The first kappa shape index (κ1) is 11.1. The summed E-state index contributed by atoms with van der Waals surface area (Å²) in [4.78, 5) is 11.6. The highest BCUT2D eigenvalue weighted by molar-refractivity contribution is 6.27. The van der Waals surface area contributed by atoms with Crippen LogP contribution >= 0.6 is 0 Å². The first-order chi connectivity index (χ1) is 9.66. The second-order valence-electron chi connectivity index (χ2n) is 5.05. The number of amides is 1. The molecule has 4 aromatic rings. The van der Waals surface area contributed by atoms with E-state index in [9.17, 15) is 4.79 Å². The van der Waals surface area contributed by atoms with Crippen molar-refractivity contribution in [3.63, 3.8) is 0 Å². The number of hydrogen-bond acceptors (Lipinski definition) is 2. The molecule has 4 N–H and O–H groups in total. The largest absolute Gasteiger partial charge is 0.398 e. The molecule has 0 aliphatic carbocycles. The summed E-state index contributed by atoms with van der Waals surface area (Å²) in [6.45, 7) is 0. The van der Waals surface area contributed by atoms with E-state index in [-0.39, 0.29) is 0 Å². The Balaban J connectivity index is 2.38. The van der Waals surface area contributed by atoms with Crippen LogP contribution in [0, 0.1) is 0 Å². The predicted octanol–water partition coefficient (Wildman–Crippen LogP) is 3.27. The first-order valence-corrected chi connectivity index (χ1v) is 6.42. The van der Waals surface area contributed by atoms with E-state index >= 15 is 0 Å². The molecular weight excluding hydrogens is 248 g/mol. The zero-order valence-corrected chi connectivity index (χ0v) is 10.7. The molecule has 0 saturated carbocycles. The Kier molecular flexibility index (Phi) is 1.99. The van der Waals surface area contributed by atoms with Gasteiger partial charge in [-0.2, -0.15) is 0 Å². The quantitative estimate of drug-likeness (QED) is 0.407. The van der Waals surface area contributed by atoms with Gasteiger partial charge in [0, 0.05) is 16.6 Å². The van der Waals surface area contributed by atoms with Gasteiger partial charge in [0.2, 0.25) is 5.91 Å². The summed E-state index contributed by atoms with van der Waals surface area (Å²) in [6.07, 6.45) is 0. The summed E-state index contributed by atoms with van der Waals surface area (Å²) in [7, 11) is 0. The second-order valence-corrected chi connectivity index (χ2v) is 5.05. The first-order valence-electron chi connectivity index (χ1n) is 6.42. The van der Waals surface area contributed by atoms with Gasteiger partial charge in [-0.15, -0.1) is 0 Å². The van der Waals surface area contributed by atoms with Gasteiger partial charge in [0.1, 0.15) is 0 Å². The molecule has 0 aromatic heterocycles. The van der Waals surface area contributed by atoms with Crippen molar-refractivity contribution in [2.24, 2.45) is 5.73 Å². The molecule has 0 bridgehead atoms. The van der Waals surface area contributed by atoms with Crippen LogP contribution in [0.3, 0.4) is 0 Å². The summed E-state index contributed by atoms with van der Waals surface area (Å²) >= 11 is 0. The van der Waals surface area contributed by atoms with E-state index in [0.29, 0.717) is 5.56 Å². The fourth-order valence-corrected chi connectivity index (χ4v) is 3.04. The minimum atomic E-state index is -0.407. The highest BCUT2D eigenvalue weighted by Crippen LogP contribution is 2.37. The lowest BCUT2D eigenvalue weighted by atomic mass is 9.91. The predicted molar refractivity (Wildman–Crippen MR) is 83.1 cm³/mol. The van der Waals surface area contributed by atoms with Crippen molar-refractivity contribution in [2.45, 2.75) is 0 Å². The van der Waals surface area contributed by atoms with Crippen LogP contribution in [0.5, 0.6) is 0 Å². The zero-order chi connectivity index (χ0) is 13.9. The van der Waals surface area contributed by atoms with Crippen molar-refractivity contribution in [1.29, 1.82) is 0 Å².